The molecule has 4 nitrogen and oxygen atoms in total. The molecule has 53 heavy (non-hydrogen) atoms. The minimum atomic E-state index is -0.393. The summed E-state index contributed by atoms with van der Waals surface area (Å²) in [6.07, 6.45) is 56.2. The Balaban J connectivity index is 1.65. The minimum absolute atomic E-state index is 0.150. The van der Waals surface area contributed by atoms with E-state index in [1.165, 1.54) is 141 Å². The summed E-state index contributed by atoms with van der Waals surface area (Å²) in [5.74, 6) is -0.393. The Bertz CT molecular complexity index is 1060. The number of allylic oxidation sites excluding steroid dienone is 8. The predicted octanol–water partition coefficient (Wildman–Crippen LogP) is 14.9. The number of unbranched alkanes of at least 4 members (excludes halogenated alkanes) is 18. The molecule has 1 fully saturated rings. The van der Waals surface area contributed by atoms with Gasteiger partial charge in [0, 0.05) is 50.1 Å². The van der Waals surface area contributed by atoms with E-state index in [9.17, 15) is 0 Å². The molecule has 0 bridgehead atoms. The second kappa shape index (κ2) is 33.0. The maximum atomic E-state index is 6.82. The molecular weight excluding hydrogens is 649 g/mol. The van der Waals surface area contributed by atoms with E-state index in [-0.39, 0.29) is 6.10 Å². The van der Waals surface area contributed by atoms with E-state index in [0.717, 1.165) is 49.9 Å². The van der Waals surface area contributed by atoms with Gasteiger partial charge in [0.1, 0.15) is 0 Å². The van der Waals surface area contributed by atoms with Crippen molar-refractivity contribution < 1.29 is 9.47 Å². The Kier molecular flexibility index (Phi) is 29.1. The van der Waals surface area contributed by atoms with Crippen LogP contribution in [0.2, 0.25) is 0 Å². The van der Waals surface area contributed by atoms with Gasteiger partial charge in [-0.05, 0) is 95.6 Å². The van der Waals surface area contributed by atoms with Crippen LogP contribution < -0.4 is 0 Å². The molecule has 0 N–H and O–H groups in total. The maximum absolute atomic E-state index is 6.82. The van der Waals surface area contributed by atoms with Crippen molar-refractivity contribution in [1.29, 1.82) is 0 Å². The fourth-order valence-electron chi connectivity index (χ4n) is 7.15. The third-order valence-corrected chi connectivity index (χ3v) is 10.7. The molecule has 0 amide bonds. The third-order valence-electron chi connectivity index (χ3n) is 10.7. The molecule has 1 atom stereocenters. The second-order valence-corrected chi connectivity index (χ2v) is 15.5. The van der Waals surface area contributed by atoms with Crippen LogP contribution in [-0.2, 0) is 9.47 Å². The molecule has 1 unspecified atom stereocenters. The van der Waals surface area contributed by atoms with Gasteiger partial charge in [-0.3, -0.25) is 4.98 Å². The highest BCUT2D eigenvalue weighted by atomic mass is 16.7. The number of pyridine rings is 1. The van der Waals surface area contributed by atoms with Gasteiger partial charge in [-0.25, -0.2) is 0 Å². The van der Waals surface area contributed by atoms with Crippen LogP contribution in [0.25, 0.3) is 5.70 Å². The highest BCUT2D eigenvalue weighted by Gasteiger charge is 2.40. The van der Waals surface area contributed by atoms with Gasteiger partial charge in [0.2, 0.25) is 0 Å². The first-order valence-corrected chi connectivity index (χ1v) is 22.3. The van der Waals surface area contributed by atoms with Crippen molar-refractivity contribution in [1.82, 2.24) is 9.88 Å². The van der Waals surface area contributed by atoms with Crippen LogP contribution in [0, 0.1) is 0 Å². The Labute approximate surface area is 328 Å². The first-order chi connectivity index (χ1) is 26.1. The molecule has 0 spiro atoms. The average Bonchev–Trinajstić information content (AvgIpc) is 3.59. The summed E-state index contributed by atoms with van der Waals surface area (Å²) in [7, 11) is 2.13. The Morgan fingerprint density at radius 2 is 1.09 bits per heavy atom. The molecular formula is C49H82N2O2. The van der Waals surface area contributed by atoms with Crippen molar-refractivity contribution in [3.63, 3.8) is 0 Å². The van der Waals surface area contributed by atoms with Crippen LogP contribution in [0.4, 0.5) is 0 Å². The van der Waals surface area contributed by atoms with Crippen LogP contribution in [-0.4, -0.2) is 42.0 Å². The zero-order chi connectivity index (χ0) is 37.9. The largest absolute Gasteiger partial charge is 0.374 e. The third kappa shape index (κ3) is 24.6. The van der Waals surface area contributed by atoms with Gasteiger partial charge >= 0.3 is 0 Å². The molecule has 4 heteroatoms. The Morgan fingerprint density at radius 3 is 1.57 bits per heavy atom. The fraction of sp³-hybridized carbons (Fsp3) is 0.694. The maximum Gasteiger partial charge on any atom is 0.168 e. The molecule has 1 aliphatic rings. The normalized spacial score (nSPS) is 15.9. The van der Waals surface area contributed by atoms with Crippen molar-refractivity contribution in [3.8, 4) is 0 Å². The highest BCUT2D eigenvalue weighted by molar-refractivity contribution is 5.60. The fourth-order valence-corrected chi connectivity index (χ4v) is 7.15. The van der Waals surface area contributed by atoms with Gasteiger partial charge in [0.15, 0.2) is 5.79 Å². The average molecular weight is 731 g/mol. The number of hydrogen-bond acceptors (Lipinski definition) is 4. The number of ether oxygens (including phenoxy) is 2. The van der Waals surface area contributed by atoms with Crippen molar-refractivity contribution in [2.24, 2.45) is 0 Å². The van der Waals surface area contributed by atoms with Crippen LogP contribution in [0.1, 0.15) is 193 Å². The van der Waals surface area contributed by atoms with Crippen LogP contribution in [0.3, 0.4) is 0 Å². The van der Waals surface area contributed by atoms with E-state index >= 15 is 0 Å². The zero-order valence-electron chi connectivity index (χ0n) is 34.9. The number of nitrogens with zero attached hydrogens (tertiary/aromatic N) is 2. The molecule has 0 aromatic carbocycles. The molecule has 1 aromatic rings. The van der Waals surface area contributed by atoms with Gasteiger partial charge in [0.05, 0.1) is 12.7 Å². The topological polar surface area (TPSA) is 34.6 Å². The number of rotatable bonds is 35. The van der Waals surface area contributed by atoms with E-state index in [0.29, 0.717) is 6.61 Å². The van der Waals surface area contributed by atoms with E-state index in [4.69, 9.17) is 9.47 Å². The zero-order valence-corrected chi connectivity index (χ0v) is 34.9. The quantitative estimate of drug-likeness (QED) is 0.0514. The van der Waals surface area contributed by atoms with Crippen molar-refractivity contribution >= 4 is 5.70 Å². The summed E-state index contributed by atoms with van der Waals surface area (Å²) in [5.41, 5.74) is 2.15. The molecule has 1 saturated heterocycles. The molecule has 1 aromatic heterocycles. The Hall–Kier alpha value is -2.43. The SMILES string of the molecule is C=C(c1ccncc1)N(C)CCC1COC(CCCCCCCC/C=C\C/C=C\CCCCC)(CCCCCCCC/C=C\C/C=C\CCCCC)O1. The summed E-state index contributed by atoms with van der Waals surface area (Å²) >= 11 is 0. The van der Waals surface area contributed by atoms with E-state index in [1.807, 2.05) is 24.5 Å². The lowest BCUT2D eigenvalue weighted by Crippen LogP contribution is -2.32. The van der Waals surface area contributed by atoms with Gasteiger partial charge in [-0.15, -0.1) is 0 Å². The van der Waals surface area contributed by atoms with Crippen LogP contribution in [0.15, 0.2) is 79.7 Å². The standard InChI is InChI=1S/C49H82N2O2/c1-5-7-9-11-13-15-17-19-21-23-25-27-29-31-33-35-40-49(41-36-34-32-30-28-26-24-22-20-18-16-14-12-10-8-6-2)52-45-48(53-49)39-44-51(4)46(3)47-37-42-50-43-38-47/h13-16,19-22,37-38,42-43,48H,3,5-12,17-18,23-36,39-41,44-45H2,1-2,4H3/b15-13-,16-14-,21-19-,22-20-. The van der Waals surface area contributed by atoms with E-state index in [1.54, 1.807) is 0 Å². The lowest BCUT2D eigenvalue weighted by molar-refractivity contribution is -0.180. The smallest absolute Gasteiger partial charge is 0.168 e. The monoisotopic (exact) mass is 731 g/mol. The Morgan fingerprint density at radius 1 is 0.660 bits per heavy atom. The number of hydrogen-bond donors (Lipinski definition) is 0. The summed E-state index contributed by atoms with van der Waals surface area (Å²) in [6, 6.07) is 4.05. The van der Waals surface area contributed by atoms with Gasteiger partial charge in [-0.1, -0.05) is 146 Å². The summed E-state index contributed by atoms with van der Waals surface area (Å²) < 4.78 is 13.4. The lowest BCUT2D eigenvalue weighted by Gasteiger charge is -2.29. The first kappa shape index (κ1) is 46.7. The molecule has 1 aliphatic heterocycles. The molecule has 2 heterocycles. The van der Waals surface area contributed by atoms with E-state index < -0.39 is 5.79 Å². The van der Waals surface area contributed by atoms with Gasteiger partial charge in [-0.2, -0.15) is 0 Å². The minimum Gasteiger partial charge on any atom is -0.374 e. The number of aromatic nitrogens is 1. The summed E-state index contributed by atoms with van der Waals surface area (Å²) in [4.78, 5) is 6.39. The van der Waals surface area contributed by atoms with Crippen molar-refractivity contribution in [2.75, 3.05) is 20.2 Å². The van der Waals surface area contributed by atoms with Crippen molar-refractivity contribution in [3.05, 3.63) is 85.3 Å². The highest BCUT2D eigenvalue weighted by Crippen LogP contribution is 2.36. The molecule has 0 radical (unpaired) electrons. The summed E-state index contributed by atoms with van der Waals surface area (Å²) in [5, 5.41) is 0. The second-order valence-electron chi connectivity index (χ2n) is 15.5. The van der Waals surface area contributed by atoms with Gasteiger partial charge in [0.25, 0.3) is 0 Å². The summed E-state index contributed by atoms with van der Waals surface area (Å²) in [6.45, 7) is 10.5. The van der Waals surface area contributed by atoms with Crippen LogP contribution >= 0.6 is 0 Å². The van der Waals surface area contributed by atoms with Crippen LogP contribution in [0.5, 0.6) is 0 Å². The lowest BCUT2D eigenvalue weighted by atomic mass is 9.98. The molecule has 300 valence electrons. The first-order valence-electron chi connectivity index (χ1n) is 22.3. The molecule has 0 aliphatic carbocycles. The predicted molar refractivity (Wildman–Crippen MR) is 232 cm³/mol. The molecule has 2 rings (SSSR count). The molecule has 0 saturated carbocycles. The van der Waals surface area contributed by atoms with E-state index in [2.05, 4.69) is 86.0 Å². The van der Waals surface area contributed by atoms with Gasteiger partial charge < -0.3 is 14.4 Å². The van der Waals surface area contributed by atoms with Crippen molar-refractivity contribution in [2.45, 2.75) is 199 Å².